The zero-order chi connectivity index (χ0) is 14.9. The van der Waals surface area contributed by atoms with Gasteiger partial charge in [-0.15, -0.1) is 0 Å². The summed E-state index contributed by atoms with van der Waals surface area (Å²) in [5, 5.41) is 42.7. The molecule has 0 amide bonds. The van der Waals surface area contributed by atoms with Gasteiger partial charge in [0.1, 0.15) is 6.07 Å². The molecule has 1 rings (SSSR count). The van der Waals surface area contributed by atoms with Crippen molar-refractivity contribution in [1.82, 2.24) is 0 Å². The molecule has 0 unspecified atom stereocenters. The normalized spacial score (nSPS) is 9.95. The fourth-order valence-corrected chi connectivity index (χ4v) is 2.03. The quantitative estimate of drug-likeness (QED) is 0.430. The van der Waals surface area contributed by atoms with Crippen molar-refractivity contribution in [3.63, 3.8) is 0 Å². The van der Waals surface area contributed by atoms with E-state index in [-0.39, 0.29) is 0 Å². The molecule has 0 N–H and O–H groups in total. The first-order valence-corrected chi connectivity index (χ1v) is 5.20. The van der Waals surface area contributed by atoms with Gasteiger partial charge in [0.25, 0.3) is 5.69 Å². The van der Waals surface area contributed by atoms with Crippen LogP contribution in [0.2, 0.25) is 0 Å². The van der Waals surface area contributed by atoms with Gasteiger partial charge in [0.05, 0.1) is 19.7 Å². The molecule has 0 aliphatic carbocycles. The Kier molecular flexibility index (Phi) is 3.88. The first-order chi connectivity index (χ1) is 8.68. The van der Waals surface area contributed by atoms with Crippen molar-refractivity contribution in [2.45, 2.75) is 0 Å². The zero-order valence-corrected chi connectivity index (χ0v) is 10.7. The zero-order valence-electron chi connectivity index (χ0n) is 8.51. The van der Waals surface area contributed by atoms with Gasteiger partial charge in [0.2, 0.25) is 0 Å². The minimum absolute atomic E-state index is 0.326. The van der Waals surface area contributed by atoms with Crippen LogP contribution < -0.4 is 0 Å². The summed E-state index contributed by atoms with van der Waals surface area (Å²) in [7, 11) is 0. The fraction of sp³-hybridized carbons (Fsp3) is 0. The van der Waals surface area contributed by atoms with E-state index in [1.54, 1.807) is 0 Å². The lowest BCUT2D eigenvalue weighted by atomic mass is 10.2. The number of rotatable bonds is 4. The lowest BCUT2D eigenvalue weighted by Gasteiger charge is -2.00. The summed E-state index contributed by atoms with van der Waals surface area (Å²) >= 11 is 1.16. The number of nitro benzene ring substituents is 4. The maximum Gasteiger partial charge on any atom is 0.424 e. The molecule has 0 aliphatic heterocycles. The van der Waals surface area contributed by atoms with Crippen LogP contribution in [0.4, 0.5) is 22.7 Å². The average Bonchev–Trinajstić information content (AvgIpc) is 2.26. The van der Waals surface area contributed by atoms with Crippen LogP contribution in [0.5, 0.6) is 0 Å². The highest BCUT2D eigenvalue weighted by Gasteiger charge is 2.43. The molecule has 0 fully saturated rings. The Labute approximate surface area is 115 Å². The van der Waals surface area contributed by atoms with Crippen LogP contribution in [0.3, 0.4) is 0 Å². The van der Waals surface area contributed by atoms with E-state index in [2.05, 4.69) is 0 Å². The van der Waals surface area contributed by atoms with Crippen LogP contribution in [0.1, 0.15) is 0 Å². The molecule has 12 nitrogen and oxygen atoms in total. The monoisotopic (exact) mass is 384 g/mol. The van der Waals surface area contributed by atoms with E-state index in [1.807, 2.05) is 0 Å². The Balaban J connectivity index is 3.94. The second-order valence-corrected chi connectivity index (χ2v) is 4.03. The molecule has 0 heterocycles. The highest BCUT2D eigenvalue weighted by molar-refractivity contribution is 14.1. The maximum absolute atomic E-state index is 10.7. The Morgan fingerprint density at radius 3 is 1.47 bits per heavy atom. The SMILES string of the molecule is O=[N+]([O-])c1cc([N+](=O)[O-])c([N+](=O)[O-])c([N+](=O)[O-])c1I. The van der Waals surface area contributed by atoms with Crippen molar-refractivity contribution in [3.05, 3.63) is 50.1 Å². The van der Waals surface area contributed by atoms with Crippen LogP contribution in [0.25, 0.3) is 0 Å². The summed E-state index contributed by atoms with van der Waals surface area (Å²) in [5.41, 5.74) is -4.90. The van der Waals surface area contributed by atoms with Gasteiger partial charge in [-0.3, -0.25) is 40.5 Å². The van der Waals surface area contributed by atoms with Crippen molar-refractivity contribution in [2.75, 3.05) is 0 Å². The number of nitrogens with zero attached hydrogens (tertiary/aromatic N) is 4. The van der Waals surface area contributed by atoms with Gasteiger partial charge >= 0.3 is 17.1 Å². The largest absolute Gasteiger partial charge is 0.424 e. The molecule has 0 saturated carbocycles. The van der Waals surface area contributed by atoms with Crippen molar-refractivity contribution >= 4 is 45.3 Å². The first kappa shape index (κ1) is 14.6. The van der Waals surface area contributed by atoms with Crippen LogP contribution >= 0.6 is 22.6 Å². The third kappa shape index (κ3) is 2.54. The second-order valence-electron chi connectivity index (χ2n) is 2.95. The Morgan fingerprint density at radius 2 is 1.16 bits per heavy atom. The lowest BCUT2D eigenvalue weighted by Crippen LogP contribution is -2.05. The Morgan fingerprint density at radius 1 is 0.737 bits per heavy atom. The van der Waals surface area contributed by atoms with Gasteiger partial charge in [-0.25, -0.2) is 0 Å². The van der Waals surface area contributed by atoms with Gasteiger partial charge < -0.3 is 0 Å². The topological polar surface area (TPSA) is 173 Å². The second kappa shape index (κ2) is 5.04. The van der Waals surface area contributed by atoms with Crippen LogP contribution in [0, 0.1) is 44.0 Å². The fourth-order valence-electron chi connectivity index (χ4n) is 1.23. The smallest absolute Gasteiger partial charge is 0.258 e. The predicted molar refractivity (Wildman–Crippen MR) is 65.8 cm³/mol. The highest BCUT2D eigenvalue weighted by atomic mass is 127. The number of hydrogen-bond donors (Lipinski definition) is 0. The van der Waals surface area contributed by atoms with E-state index < -0.39 is 46.0 Å². The van der Waals surface area contributed by atoms with E-state index >= 15 is 0 Å². The molecule has 0 atom stereocenters. The molecule has 0 aromatic heterocycles. The van der Waals surface area contributed by atoms with Crippen molar-refractivity contribution in [3.8, 4) is 0 Å². The summed E-state index contributed by atoms with van der Waals surface area (Å²) < 4.78 is -0.648. The Hall–Kier alpha value is -2.45. The standard InChI is InChI=1S/C6HIN4O8/c7-4-2(8(12)13)1-3(9(14)15)5(10(16)17)6(4)11(18)19/h1H. The van der Waals surface area contributed by atoms with Crippen molar-refractivity contribution in [2.24, 2.45) is 0 Å². The molecule has 0 aliphatic rings. The minimum Gasteiger partial charge on any atom is -0.258 e. The maximum atomic E-state index is 10.7. The molecular formula is C6HIN4O8. The number of benzene rings is 1. The minimum atomic E-state index is -1.38. The highest BCUT2D eigenvalue weighted by Crippen LogP contribution is 2.44. The third-order valence-corrected chi connectivity index (χ3v) is 3.00. The van der Waals surface area contributed by atoms with Gasteiger partial charge in [0.15, 0.2) is 3.57 Å². The van der Waals surface area contributed by atoms with Crippen LogP contribution in [-0.2, 0) is 0 Å². The van der Waals surface area contributed by atoms with Gasteiger partial charge in [0, 0.05) is 0 Å². The van der Waals surface area contributed by atoms with E-state index in [4.69, 9.17) is 0 Å². The van der Waals surface area contributed by atoms with Crippen LogP contribution in [-0.4, -0.2) is 19.7 Å². The summed E-state index contributed by atoms with van der Waals surface area (Å²) in [4.78, 5) is 37.8. The van der Waals surface area contributed by atoms with Crippen LogP contribution in [0.15, 0.2) is 6.07 Å². The molecule has 1 aromatic carbocycles. The molecule has 100 valence electrons. The van der Waals surface area contributed by atoms with Gasteiger partial charge in [-0.1, -0.05) is 0 Å². The Bertz CT molecular complexity index is 628. The van der Waals surface area contributed by atoms with E-state index in [1.165, 1.54) is 0 Å². The molecule has 0 bridgehead atoms. The molecule has 0 radical (unpaired) electrons. The molecule has 0 spiro atoms. The predicted octanol–water partition coefficient (Wildman–Crippen LogP) is 1.92. The summed E-state index contributed by atoms with van der Waals surface area (Å²) in [6, 6.07) is 0.326. The average molecular weight is 384 g/mol. The van der Waals surface area contributed by atoms with Gasteiger partial charge in [-0.2, -0.15) is 0 Å². The molecule has 0 saturated heterocycles. The first-order valence-electron chi connectivity index (χ1n) is 4.12. The molecule has 1 aromatic rings. The summed E-state index contributed by atoms with van der Waals surface area (Å²) in [6.45, 7) is 0. The van der Waals surface area contributed by atoms with E-state index in [9.17, 15) is 40.5 Å². The van der Waals surface area contributed by atoms with E-state index in [0.717, 1.165) is 22.6 Å². The van der Waals surface area contributed by atoms with Gasteiger partial charge in [-0.05, 0) is 22.6 Å². The van der Waals surface area contributed by atoms with Crippen molar-refractivity contribution < 1.29 is 19.7 Å². The molecule has 19 heavy (non-hydrogen) atoms. The van der Waals surface area contributed by atoms with Crippen molar-refractivity contribution in [1.29, 1.82) is 0 Å². The number of hydrogen-bond acceptors (Lipinski definition) is 8. The summed E-state index contributed by atoms with van der Waals surface area (Å²) in [5.74, 6) is 0. The van der Waals surface area contributed by atoms with E-state index in [0.29, 0.717) is 6.07 Å². The number of nitro groups is 4. The molecular weight excluding hydrogens is 383 g/mol. The molecule has 13 heteroatoms. The number of halogens is 1. The lowest BCUT2D eigenvalue weighted by molar-refractivity contribution is -0.443. The summed E-state index contributed by atoms with van der Waals surface area (Å²) in [6.07, 6.45) is 0. The third-order valence-electron chi connectivity index (χ3n) is 1.93.